The predicted molar refractivity (Wildman–Crippen MR) is 106 cm³/mol. The molecule has 0 aliphatic rings. The molecule has 0 unspecified atom stereocenters. The molecule has 3 aromatic rings. The van der Waals surface area contributed by atoms with Crippen LogP contribution in [0.25, 0.3) is 11.3 Å². The number of aryl methyl sites for hydroxylation is 1. The maximum atomic E-state index is 13.3. The van der Waals surface area contributed by atoms with E-state index in [1.54, 1.807) is 6.07 Å². The summed E-state index contributed by atoms with van der Waals surface area (Å²) in [6.07, 6.45) is 0. The molecule has 0 spiro atoms. The SMILES string of the molecule is Cc1cc(F)ccc1-c1csc(N(C(N)=O)c2c(Br)cccc2Br)n1. The molecule has 2 aromatic carbocycles. The van der Waals surface area contributed by atoms with Crippen molar-refractivity contribution in [3.63, 3.8) is 0 Å². The lowest BCUT2D eigenvalue weighted by atomic mass is 10.1. The normalized spacial score (nSPS) is 10.7. The third-order valence-electron chi connectivity index (χ3n) is 3.53. The molecule has 2 N–H and O–H groups in total. The number of anilines is 2. The summed E-state index contributed by atoms with van der Waals surface area (Å²) < 4.78 is 14.7. The number of nitrogens with zero attached hydrogens (tertiary/aromatic N) is 2. The number of urea groups is 1. The maximum absolute atomic E-state index is 13.3. The lowest BCUT2D eigenvalue weighted by molar-refractivity contribution is 0.256. The first kappa shape index (κ1) is 18.0. The molecule has 8 heteroatoms. The Kier molecular flexibility index (Phi) is 5.21. The second-order valence-corrected chi connectivity index (χ2v) is 7.76. The number of aromatic nitrogens is 1. The van der Waals surface area contributed by atoms with Gasteiger partial charge in [-0.05, 0) is 74.7 Å². The van der Waals surface area contributed by atoms with E-state index in [-0.39, 0.29) is 5.82 Å². The zero-order valence-electron chi connectivity index (χ0n) is 13.0. The highest BCUT2D eigenvalue weighted by molar-refractivity contribution is 9.11. The van der Waals surface area contributed by atoms with Crippen LogP contribution < -0.4 is 10.6 Å². The second-order valence-electron chi connectivity index (χ2n) is 5.22. The minimum Gasteiger partial charge on any atom is -0.351 e. The molecule has 0 radical (unpaired) electrons. The molecule has 0 bridgehead atoms. The molecular formula is C17H12Br2FN3OS. The van der Waals surface area contributed by atoms with Gasteiger partial charge in [0, 0.05) is 19.9 Å². The summed E-state index contributed by atoms with van der Waals surface area (Å²) in [6.45, 7) is 1.81. The largest absolute Gasteiger partial charge is 0.351 e. The van der Waals surface area contributed by atoms with Crippen molar-refractivity contribution in [2.24, 2.45) is 5.73 Å². The van der Waals surface area contributed by atoms with Crippen molar-refractivity contribution in [2.45, 2.75) is 6.92 Å². The van der Waals surface area contributed by atoms with Crippen LogP contribution in [0.1, 0.15) is 5.56 Å². The first-order valence-corrected chi connectivity index (χ1v) is 9.60. The van der Waals surface area contributed by atoms with Crippen LogP contribution in [0.3, 0.4) is 0 Å². The van der Waals surface area contributed by atoms with Crippen LogP contribution in [0.5, 0.6) is 0 Å². The molecule has 1 aromatic heterocycles. The summed E-state index contributed by atoms with van der Waals surface area (Å²) >= 11 is 8.17. The summed E-state index contributed by atoms with van der Waals surface area (Å²) in [7, 11) is 0. The van der Waals surface area contributed by atoms with E-state index in [2.05, 4.69) is 36.8 Å². The molecule has 128 valence electrons. The van der Waals surface area contributed by atoms with Gasteiger partial charge in [0.15, 0.2) is 5.13 Å². The first-order chi connectivity index (χ1) is 11.9. The van der Waals surface area contributed by atoms with E-state index in [1.807, 2.05) is 30.5 Å². The molecule has 0 aliphatic heterocycles. The zero-order valence-corrected chi connectivity index (χ0v) is 17.0. The van der Waals surface area contributed by atoms with E-state index >= 15 is 0 Å². The number of thiazole rings is 1. The Morgan fingerprint density at radius 3 is 2.52 bits per heavy atom. The van der Waals surface area contributed by atoms with Crippen LogP contribution in [-0.2, 0) is 0 Å². The van der Waals surface area contributed by atoms with E-state index in [0.717, 1.165) is 11.1 Å². The first-order valence-electron chi connectivity index (χ1n) is 7.14. The number of hydrogen-bond acceptors (Lipinski definition) is 3. The van der Waals surface area contributed by atoms with Gasteiger partial charge in [-0.25, -0.2) is 19.1 Å². The standard InChI is InChI=1S/C17H12Br2FN3OS/c1-9-7-10(20)5-6-11(9)14-8-25-17(22-14)23(16(21)24)15-12(18)3-2-4-13(15)19/h2-8H,1H3,(H2,21,24). The number of benzene rings is 2. The fraction of sp³-hybridized carbons (Fsp3) is 0.0588. The quantitative estimate of drug-likeness (QED) is 0.495. The van der Waals surface area contributed by atoms with Gasteiger partial charge < -0.3 is 5.73 Å². The van der Waals surface area contributed by atoms with Gasteiger partial charge in [0.2, 0.25) is 0 Å². The van der Waals surface area contributed by atoms with E-state index in [9.17, 15) is 9.18 Å². The van der Waals surface area contributed by atoms with Crippen molar-refractivity contribution in [2.75, 3.05) is 4.90 Å². The Balaban J connectivity index is 2.08. The molecular weight excluding hydrogens is 473 g/mol. The van der Waals surface area contributed by atoms with Crippen molar-refractivity contribution in [3.8, 4) is 11.3 Å². The monoisotopic (exact) mass is 483 g/mol. The number of carbonyl (C=O) groups is 1. The molecule has 3 rings (SSSR count). The number of amides is 2. The van der Waals surface area contributed by atoms with E-state index < -0.39 is 6.03 Å². The smallest absolute Gasteiger partial charge is 0.325 e. The summed E-state index contributed by atoms with van der Waals surface area (Å²) in [5.41, 5.74) is 8.41. The zero-order chi connectivity index (χ0) is 18.1. The van der Waals surface area contributed by atoms with Gasteiger partial charge in [-0.2, -0.15) is 0 Å². The lowest BCUT2D eigenvalue weighted by Gasteiger charge is -2.20. The summed E-state index contributed by atoms with van der Waals surface area (Å²) in [6, 6.07) is 9.33. The van der Waals surface area contributed by atoms with Gasteiger partial charge in [0.1, 0.15) is 5.82 Å². The molecule has 1 heterocycles. The summed E-state index contributed by atoms with van der Waals surface area (Å²) in [4.78, 5) is 18.0. The summed E-state index contributed by atoms with van der Waals surface area (Å²) in [5, 5.41) is 2.25. The number of carbonyl (C=O) groups excluding carboxylic acids is 1. The Morgan fingerprint density at radius 2 is 1.92 bits per heavy atom. The van der Waals surface area contributed by atoms with Crippen LogP contribution in [0.2, 0.25) is 0 Å². The molecule has 0 saturated carbocycles. The molecule has 25 heavy (non-hydrogen) atoms. The molecule has 2 amide bonds. The van der Waals surface area contributed by atoms with Crippen molar-refractivity contribution in [3.05, 3.63) is 62.1 Å². The lowest BCUT2D eigenvalue weighted by Crippen LogP contribution is -2.31. The number of halogens is 3. The van der Waals surface area contributed by atoms with Crippen molar-refractivity contribution >= 4 is 60.0 Å². The predicted octanol–water partition coefficient (Wildman–Crippen LogP) is 6.00. The fourth-order valence-corrected chi connectivity index (χ4v) is 4.60. The average Bonchev–Trinajstić information content (AvgIpc) is 2.99. The van der Waals surface area contributed by atoms with Gasteiger partial charge in [0.05, 0.1) is 11.4 Å². The second kappa shape index (κ2) is 7.23. The van der Waals surface area contributed by atoms with Gasteiger partial charge in [-0.15, -0.1) is 11.3 Å². The highest BCUT2D eigenvalue weighted by Gasteiger charge is 2.23. The highest BCUT2D eigenvalue weighted by atomic mass is 79.9. The van der Waals surface area contributed by atoms with Crippen molar-refractivity contribution in [1.82, 2.24) is 4.98 Å². The van der Waals surface area contributed by atoms with Crippen molar-refractivity contribution < 1.29 is 9.18 Å². The minimum atomic E-state index is -0.649. The third kappa shape index (κ3) is 3.61. The maximum Gasteiger partial charge on any atom is 0.325 e. The molecule has 0 fully saturated rings. The Morgan fingerprint density at radius 1 is 1.24 bits per heavy atom. The molecule has 0 saturated heterocycles. The third-order valence-corrected chi connectivity index (χ3v) is 5.63. The van der Waals surface area contributed by atoms with Gasteiger partial charge >= 0.3 is 6.03 Å². The van der Waals surface area contributed by atoms with Gasteiger partial charge in [-0.1, -0.05) is 6.07 Å². The molecule has 4 nitrogen and oxygen atoms in total. The molecule has 0 aliphatic carbocycles. The minimum absolute atomic E-state index is 0.299. The topological polar surface area (TPSA) is 59.2 Å². The number of primary amides is 1. The number of nitrogens with two attached hydrogens (primary N) is 1. The highest BCUT2D eigenvalue weighted by Crippen LogP contribution is 2.40. The van der Waals surface area contributed by atoms with Crippen LogP contribution in [0.4, 0.5) is 20.0 Å². The van der Waals surface area contributed by atoms with E-state index in [1.165, 1.54) is 28.4 Å². The van der Waals surface area contributed by atoms with Crippen LogP contribution >= 0.6 is 43.2 Å². The van der Waals surface area contributed by atoms with Crippen LogP contribution in [0.15, 0.2) is 50.7 Å². The Hall–Kier alpha value is -1.77. The average molecular weight is 485 g/mol. The Bertz CT molecular complexity index is 941. The Labute approximate surface area is 164 Å². The van der Waals surface area contributed by atoms with Crippen molar-refractivity contribution in [1.29, 1.82) is 0 Å². The van der Waals surface area contributed by atoms with Gasteiger partial charge in [0.25, 0.3) is 0 Å². The number of rotatable bonds is 3. The summed E-state index contributed by atoms with van der Waals surface area (Å²) in [5.74, 6) is -0.299. The van der Waals surface area contributed by atoms with Crippen LogP contribution in [-0.4, -0.2) is 11.0 Å². The molecule has 0 atom stereocenters. The van der Waals surface area contributed by atoms with E-state index in [4.69, 9.17) is 5.73 Å². The number of hydrogen-bond donors (Lipinski definition) is 1. The van der Waals surface area contributed by atoms with E-state index in [0.29, 0.717) is 25.5 Å². The fourth-order valence-electron chi connectivity index (χ4n) is 2.41. The number of para-hydroxylation sites is 1. The van der Waals surface area contributed by atoms with Gasteiger partial charge in [-0.3, -0.25) is 0 Å². The van der Waals surface area contributed by atoms with Crippen LogP contribution in [0, 0.1) is 12.7 Å².